The molecule has 0 spiro atoms. The summed E-state index contributed by atoms with van der Waals surface area (Å²) >= 11 is 7.86. The second kappa shape index (κ2) is 11.5. The number of hydrogen-bond donors (Lipinski definition) is 3. The summed E-state index contributed by atoms with van der Waals surface area (Å²) in [5.74, 6) is -0.665. The summed E-state index contributed by atoms with van der Waals surface area (Å²) in [5.41, 5.74) is 0.438. The molecule has 1 saturated heterocycles. The van der Waals surface area contributed by atoms with E-state index in [2.05, 4.69) is 14.8 Å². The van der Waals surface area contributed by atoms with Crippen molar-refractivity contribution in [1.82, 2.24) is 24.4 Å². The fourth-order valence-corrected chi connectivity index (χ4v) is 10.8. The number of thiazole rings is 1. The standard InChI is InChI=1S/C29H30ClF3N6O4S2/c30-20-9-17(31)3-4-19(20)24-23(21-5-7-39(36-21)28(32)33)22-10-18(13-38(22)26(35-24)27-34-6-8-44-27)37-45(42,43)25-15-1-2-16(25)12-29(41,11-15)14-40/h3-9,15-16,18,24-25,28,37,40-41H,1-2,10-14H2/t15-,16?,18-,24-,25+,29-/m0/s1. The van der Waals surface area contributed by atoms with Crippen LogP contribution in [0, 0.1) is 17.7 Å². The van der Waals surface area contributed by atoms with Crippen LogP contribution in [0.3, 0.4) is 0 Å². The van der Waals surface area contributed by atoms with E-state index in [9.17, 15) is 31.8 Å². The summed E-state index contributed by atoms with van der Waals surface area (Å²) in [7, 11) is -3.87. The number of aliphatic imine (C=N–C) groups is 1. The lowest BCUT2D eigenvalue weighted by Crippen LogP contribution is -2.52. The van der Waals surface area contributed by atoms with Gasteiger partial charge < -0.3 is 15.1 Å². The first-order valence-electron chi connectivity index (χ1n) is 14.6. The number of fused-ring (bicyclic) bond motifs is 3. The van der Waals surface area contributed by atoms with Gasteiger partial charge in [0.05, 0.1) is 23.2 Å². The number of sulfonamides is 1. The first-order valence-corrected chi connectivity index (χ1v) is 17.4. The lowest BCUT2D eigenvalue weighted by molar-refractivity contribution is -0.0597. The second-order valence-electron chi connectivity index (χ2n) is 12.2. The van der Waals surface area contributed by atoms with Crippen LogP contribution < -0.4 is 4.72 Å². The number of hydrogen-bond acceptors (Lipinski definition) is 9. The highest BCUT2D eigenvalue weighted by Gasteiger charge is 2.54. The van der Waals surface area contributed by atoms with Crippen LogP contribution in [0.15, 0.2) is 52.7 Å². The molecule has 3 fully saturated rings. The summed E-state index contributed by atoms with van der Waals surface area (Å²) in [6, 6.07) is 3.86. The highest BCUT2D eigenvalue weighted by atomic mass is 35.5. The van der Waals surface area contributed by atoms with Gasteiger partial charge in [0.15, 0.2) is 10.8 Å². The van der Waals surface area contributed by atoms with Gasteiger partial charge in [-0.15, -0.1) is 11.3 Å². The fourth-order valence-electron chi connectivity index (χ4n) is 7.62. The molecule has 6 atom stereocenters. The van der Waals surface area contributed by atoms with E-state index in [1.807, 2.05) is 4.90 Å². The summed E-state index contributed by atoms with van der Waals surface area (Å²) in [6.45, 7) is -3.10. The molecular weight excluding hydrogens is 653 g/mol. The molecule has 2 aromatic heterocycles. The second-order valence-corrected chi connectivity index (χ2v) is 15.4. The maximum atomic E-state index is 14.1. The van der Waals surface area contributed by atoms with Gasteiger partial charge in [-0.3, -0.25) is 4.99 Å². The SMILES string of the molecule is O=S(=O)(N[C@H]1CC2=C(c3ccn(C(F)F)n3)[C@H](c3ccc(F)cc3Cl)N=C(c3nccs3)N2C1)[C@H]1C2CC[C@H]1C[C@@](O)(CO)C2. The van der Waals surface area contributed by atoms with E-state index in [4.69, 9.17) is 16.6 Å². The van der Waals surface area contributed by atoms with Gasteiger partial charge >= 0.3 is 6.55 Å². The number of amidine groups is 1. The molecule has 3 aromatic rings. The molecule has 4 heterocycles. The maximum absolute atomic E-state index is 14.1. The number of benzene rings is 1. The van der Waals surface area contributed by atoms with Gasteiger partial charge in [0, 0.05) is 58.6 Å². The van der Waals surface area contributed by atoms with Crippen LogP contribution in [0.4, 0.5) is 13.2 Å². The molecule has 240 valence electrons. The number of nitrogens with one attached hydrogen (secondary N) is 1. The van der Waals surface area contributed by atoms with Crippen molar-refractivity contribution in [2.75, 3.05) is 13.2 Å². The predicted molar refractivity (Wildman–Crippen MR) is 162 cm³/mol. The zero-order valence-corrected chi connectivity index (χ0v) is 26.1. The van der Waals surface area contributed by atoms with E-state index >= 15 is 0 Å². The molecule has 0 amide bonds. The largest absolute Gasteiger partial charge is 0.393 e. The van der Waals surface area contributed by atoms with Gasteiger partial charge in [-0.2, -0.15) is 13.9 Å². The Bertz CT molecular complexity index is 1770. The molecule has 1 unspecified atom stereocenters. The minimum absolute atomic E-state index is 0.0907. The average Bonchev–Trinajstić information content (AvgIpc) is 3.79. The molecule has 2 aliphatic heterocycles. The van der Waals surface area contributed by atoms with E-state index in [1.54, 1.807) is 11.6 Å². The van der Waals surface area contributed by atoms with Crippen molar-refractivity contribution in [3.63, 3.8) is 0 Å². The number of nitrogens with zero attached hydrogens (tertiary/aromatic N) is 5. The molecule has 16 heteroatoms. The zero-order chi connectivity index (χ0) is 31.7. The van der Waals surface area contributed by atoms with E-state index in [0.717, 1.165) is 12.3 Å². The molecule has 0 radical (unpaired) electrons. The molecule has 2 saturated carbocycles. The van der Waals surface area contributed by atoms with E-state index in [1.165, 1.54) is 29.5 Å². The highest BCUT2D eigenvalue weighted by Crippen LogP contribution is 2.50. The van der Waals surface area contributed by atoms with Gasteiger partial charge in [0.25, 0.3) is 0 Å². The van der Waals surface area contributed by atoms with Gasteiger partial charge in [0.2, 0.25) is 10.0 Å². The molecule has 10 nitrogen and oxygen atoms in total. The third-order valence-corrected chi connectivity index (χ3v) is 12.6. The number of alkyl halides is 2. The van der Waals surface area contributed by atoms with E-state index < -0.39 is 51.9 Å². The third-order valence-electron chi connectivity index (χ3n) is 9.33. The molecule has 45 heavy (non-hydrogen) atoms. The van der Waals surface area contributed by atoms with Crippen LogP contribution >= 0.6 is 22.9 Å². The molecule has 7 rings (SSSR count). The molecule has 4 aliphatic rings. The van der Waals surface area contributed by atoms with Crippen LogP contribution in [-0.2, 0) is 10.0 Å². The molecule has 3 N–H and O–H groups in total. The Balaban J connectivity index is 1.29. The fraction of sp³-hybridized carbons (Fsp3) is 0.483. The summed E-state index contributed by atoms with van der Waals surface area (Å²) in [5, 5.41) is 26.3. The summed E-state index contributed by atoms with van der Waals surface area (Å²) in [6.07, 6.45) is 4.70. The quantitative estimate of drug-likeness (QED) is 0.322. The van der Waals surface area contributed by atoms with Crippen LogP contribution in [-0.4, -0.2) is 74.2 Å². The van der Waals surface area contributed by atoms with Gasteiger partial charge in [-0.05, 0) is 55.7 Å². The minimum Gasteiger partial charge on any atom is -0.393 e. The van der Waals surface area contributed by atoms with Gasteiger partial charge in [-0.25, -0.2) is 27.2 Å². The van der Waals surface area contributed by atoms with Crippen LogP contribution in [0.1, 0.15) is 61.0 Å². The Hall–Kier alpha value is -2.82. The Morgan fingerprint density at radius 1 is 1.20 bits per heavy atom. The lowest BCUT2D eigenvalue weighted by atomic mass is 9.77. The van der Waals surface area contributed by atoms with Crippen molar-refractivity contribution in [3.05, 3.63) is 74.8 Å². The van der Waals surface area contributed by atoms with Crippen LogP contribution in [0.25, 0.3) is 5.57 Å². The van der Waals surface area contributed by atoms with Crippen LogP contribution in [0.2, 0.25) is 5.02 Å². The summed E-state index contributed by atoms with van der Waals surface area (Å²) < 4.78 is 72.6. The average molecular weight is 683 g/mol. The first kappa shape index (κ1) is 30.8. The topological polar surface area (TPSA) is 133 Å². The Morgan fingerprint density at radius 3 is 2.58 bits per heavy atom. The monoisotopic (exact) mass is 682 g/mol. The smallest absolute Gasteiger partial charge is 0.333 e. The van der Waals surface area contributed by atoms with Crippen molar-refractivity contribution >= 4 is 44.4 Å². The molecule has 2 aliphatic carbocycles. The zero-order valence-electron chi connectivity index (χ0n) is 23.7. The van der Waals surface area contributed by atoms with Gasteiger partial charge in [0.1, 0.15) is 11.9 Å². The van der Waals surface area contributed by atoms with Crippen molar-refractivity contribution < 1.29 is 31.8 Å². The summed E-state index contributed by atoms with van der Waals surface area (Å²) in [4.78, 5) is 11.3. The Kier molecular flexibility index (Phi) is 7.84. The molecule has 1 aromatic carbocycles. The Labute approximate surface area is 266 Å². The van der Waals surface area contributed by atoms with Gasteiger partial charge in [-0.1, -0.05) is 17.7 Å². The van der Waals surface area contributed by atoms with E-state index in [-0.39, 0.29) is 48.4 Å². The third kappa shape index (κ3) is 5.50. The molecular formula is C29H30ClF3N6O4S2. The number of halogens is 4. The molecule has 2 bridgehead atoms. The first-order chi connectivity index (χ1) is 21.5. The minimum atomic E-state index is -3.87. The van der Waals surface area contributed by atoms with Crippen molar-refractivity contribution in [3.8, 4) is 0 Å². The van der Waals surface area contributed by atoms with Crippen molar-refractivity contribution in [1.29, 1.82) is 0 Å². The van der Waals surface area contributed by atoms with Crippen molar-refractivity contribution in [2.45, 2.75) is 61.6 Å². The lowest BCUT2D eigenvalue weighted by Gasteiger charge is -2.40. The normalized spacial score (nSPS) is 29.9. The highest BCUT2D eigenvalue weighted by molar-refractivity contribution is 7.90. The maximum Gasteiger partial charge on any atom is 0.333 e. The van der Waals surface area contributed by atoms with E-state index in [0.29, 0.717) is 45.2 Å². The van der Waals surface area contributed by atoms with Crippen molar-refractivity contribution in [2.24, 2.45) is 16.8 Å². The number of aromatic nitrogens is 3. The predicted octanol–water partition coefficient (Wildman–Crippen LogP) is 4.35. The number of aliphatic hydroxyl groups excluding tert-OH is 1. The number of rotatable bonds is 8. The van der Waals surface area contributed by atoms with Crippen LogP contribution in [0.5, 0.6) is 0 Å². The number of aliphatic hydroxyl groups is 2. The Morgan fingerprint density at radius 2 is 1.96 bits per heavy atom.